The number of carbonyl (C=O) groups is 1. The summed E-state index contributed by atoms with van der Waals surface area (Å²) in [6, 6.07) is 3.87. The van der Waals surface area contributed by atoms with Crippen LogP contribution < -0.4 is 11.1 Å². The van der Waals surface area contributed by atoms with Crippen LogP contribution in [0.15, 0.2) is 41.7 Å². The smallest absolute Gasteiger partial charge is 0.252 e. The number of nitrogen functional groups attached to an aromatic ring is 1. The molecule has 0 aromatic carbocycles. The molecular weight excluding hydrogens is 494 g/mol. The molecule has 2 atom stereocenters. The highest BCUT2D eigenvalue weighted by Gasteiger charge is 2.26. The lowest BCUT2D eigenvalue weighted by Crippen LogP contribution is -2.36. The van der Waals surface area contributed by atoms with E-state index in [1.165, 1.54) is 9.42 Å². The molecular formula is C25H33N7O4S. The summed E-state index contributed by atoms with van der Waals surface area (Å²) in [5.41, 5.74) is 9.52. The fraction of sp³-hybridized carbons (Fsp3) is 0.440. The van der Waals surface area contributed by atoms with Crippen molar-refractivity contribution in [1.82, 2.24) is 29.8 Å². The number of nitrogens with zero attached hydrogens (tertiary/aromatic N) is 5. The minimum absolute atomic E-state index is 0.0158. The summed E-state index contributed by atoms with van der Waals surface area (Å²) >= 11 is 0. The zero-order chi connectivity index (χ0) is 26.7. The summed E-state index contributed by atoms with van der Waals surface area (Å²) in [6.45, 7) is 3.96. The van der Waals surface area contributed by atoms with Gasteiger partial charge >= 0.3 is 0 Å². The van der Waals surface area contributed by atoms with Crippen molar-refractivity contribution in [3.05, 3.63) is 48.2 Å². The number of amides is 1. The number of pyridine rings is 1. The molecule has 12 heteroatoms. The van der Waals surface area contributed by atoms with E-state index in [1.807, 2.05) is 19.1 Å². The molecule has 0 radical (unpaired) electrons. The second-order valence-electron chi connectivity index (χ2n) is 9.29. The van der Waals surface area contributed by atoms with Crippen LogP contribution in [-0.2, 0) is 21.1 Å². The molecule has 37 heavy (non-hydrogen) atoms. The van der Waals surface area contributed by atoms with Crippen LogP contribution in [0.4, 0.5) is 5.82 Å². The van der Waals surface area contributed by atoms with Gasteiger partial charge in [0.1, 0.15) is 17.3 Å². The van der Waals surface area contributed by atoms with E-state index in [-0.39, 0.29) is 29.2 Å². The third-order valence-corrected chi connectivity index (χ3v) is 7.79. The number of hydrogen-bond acceptors (Lipinski definition) is 9. The van der Waals surface area contributed by atoms with Gasteiger partial charge in [-0.15, -0.1) is 0 Å². The average molecular weight is 528 g/mol. The summed E-state index contributed by atoms with van der Waals surface area (Å²) in [6.07, 6.45) is 10.6. The number of rotatable bonds is 9. The average Bonchev–Trinajstić information content (AvgIpc) is 3.55. The van der Waals surface area contributed by atoms with Gasteiger partial charge in [0.25, 0.3) is 5.91 Å². The molecule has 0 spiro atoms. The molecule has 0 saturated carbocycles. The molecule has 4 rings (SSSR count). The van der Waals surface area contributed by atoms with Gasteiger partial charge in [-0.3, -0.25) is 9.78 Å². The first kappa shape index (κ1) is 26.7. The Morgan fingerprint density at radius 3 is 2.76 bits per heavy atom. The lowest BCUT2D eigenvalue weighted by molar-refractivity contribution is -0.133. The molecule has 11 nitrogen and oxygen atoms in total. The Balaban J connectivity index is 1.71. The maximum atomic E-state index is 12.7. The van der Waals surface area contributed by atoms with Gasteiger partial charge < -0.3 is 21.1 Å². The first-order valence-corrected chi connectivity index (χ1v) is 14.2. The highest BCUT2D eigenvalue weighted by Crippen LogP contribution is 2.31. The topological polar surface area (TPSA) is 156 Å². The molecule has 1 unspecified atom stereocenters. The summed E-state index contributed by atoms with van der Waals surface area (Å²) < 4.78 is 26.8. The van der Waals surface area contributed by atoms with E-state index in [2.05, 4.69) is 15.4 Å². The minimum Gasteiger partial charge on any atom is -0.387 e. The minimum atomic E-state index is -3.73. The van der Waals surface area contributed by atoms with E-state index in [4.69, 9.17) is 10.7 Å². The Kier molecular flexibility index (Phi) is 7.90. The van der Waals surface area contributed by atoms with Crippen LogP contribution in [-0.4, -0.2) is 69.4 Å². The van der Waals surface area contributed by atoms with Gasteiger partial charge in [-0.05, 0) is 52.1 Å². The van der Waals surface area contributed by atoms with Gasteiger partial charge in [-0.25, -0.2) is 13.4 Å². The first-order chi connectivity index (χ1) is 17.7. The second kappa shape index (κ2) is 11.0. The number of hydrogen-bond donors (Lipinski definition) is 3. The van der Waals surface area contributed by atoms with Crippen LogP contribution in [0.2, 0.25) is 0 Å². The molecule has 0 bridgehead atoms. The van der Waals surface area contributed by atoms with Gasteiger partial charge in [-0.2, -0.15) is 9.61 Å². The van der Waals surface area contributed by atoms with E-state index in [1.54, 1.807) is 31.6 Å². The summed E-state index contributed by atoms with van der Waals surface area (Å²) in [5, 5.41) is 17.1. The number of aryl methyl sites for hydroxylation is 1. The van der Waals surface area contributed by atoms with E-state index >= 15 is 0 Å². The van der Waals surface area contributed by atoms with E-state index in [0.717, 1.165) is 36.9 Å². The van der Waals surface area contributed by atoms with Gasteiger partial charge in [0.2, 0.25) is 0 Å². The van der Waals surface area contributed by atoms with Crippen molar-refractivity contribution in [3.63, 3.8) is 0 Å². The fourth-order valence-electron chi connectivity index (χ4n) is 4.74. The number of fused-ring (bicyclic) bond motifs is 1. The third kappa shape index (κ3) is 5.50. The van der Waals surface area contributed by atoms with Crippen molar-refractivity contribution in [1.29, 1.82) is 0 Å². The van der Waals surface area contributed by atoms with Crippen LogP contribution in [0.1, 0.15) is 50.5 Å². The number of sulfone groups is 1. The molecule has 1 aliphatic heterocycles. The van der Waals surface area contributed by atoms with E-state index in [9.17, 15) is 18.3 Å². The second-order valence-corrected chi connectivity index (χ2v) is 11.2. The molecule has 0 aliphatic carbocycles. The molecule has 4 N–H and O–H groups in total. The van der Waals surface area contributed by atoms with Crippen LogP contribution >= 0.6 is 0 Å². The Morgan fingerprint density at radius 2 is 2.16 bits per heavy atom. The molecule has 198 valence electrons. The Labute approximate surface area is 216 Å². The van der Waals surface area contributed by atoms with Gasteiger partial charge in [-0.1, -0.05) is 12.1 Å². The lowest BCUT2D eigenvalue weighted by Gasteiger charge is -2.25. The quantitative estimate of drug-likeness (QED) is 0.378. The van der Waals surface area contributed by atoms with Crippen molar-refractivity contribution in [2.45, 2.75) is 56.5 Å². The number of anilines is 1. The maximum Gasteiger partial charge on any atom is 0.252 e. The SMILES string of the molecule is C/C=C\N(C(=O)CO)[C@H](C)CCc1nc2c(-c3ccc(C4CCCN4)nc3)cnn2c(N)c1S(C)(=O)=O. The highest BCUT2D eigenvalue weighted by molar-refractivity contribution is 7.91. The molecule has 1 fully saturated rings. The lowest BCUT2D eigenvalue weighted by atomic mass is 10.1. The van der Waals surface area contributed by atoms with Gasteiger partial charge in [0.05, 0.1) is 17.6 Å². The van der Waals surface area contributed by atoms with Gasteiger partial charge in [0.15, 0.2) is 15.5 Å². The molecule has 3 aromatic heterocycles. The fourth-order valence-corrected chi connectivity index (χ4v) is 5.78. The molecule has 1 saturated heterocycles. The van der Waals surface area contributed by atoms with Crippen molar-refractivity contribution in [2.24, 2.45) is 0 Å². The summed E-state index contributed by atoms with van der Waals surface area (Å²) in [7, 11) is -3.73. The van der Waals surface area contributed by atoms with E-state index in [0.29, 0.717) is 23.3 Å². The summed E-state index contributed by atoms with van der Waals surface area (Å²) in [4.78, 5) is 22.8. The Bertz CT molecular complexity index is 1410. The predicted molar refractivity (Wildman–Crippen MR) is 140 cm³/mol. The van der Waals surface area contributed by atoms with Crippen LogP contribution in [0.25, 0.3) is 16.8 Å². The van der Waals surface area contributed by atoms with Gasteiger partial charge in [0, 0.05) is 41.9 Å². The Hall–Kier alpha value is -3.35. The zero-order valence-electron chi connectivity index (χ0n) is 21.3. The number of allylic oxidation sites excluding steroid dienone is 1. The number of aliphatic hydroxyl groups is 1. The largest absolute Gasteiger partial charge is 0.387 e. The number of nitrogens with two attached hydrogens (primary N) is 1. The maximum absolute atomic E-state index is 12.7. The molecule has 1 amide bonds. The first-order valence-electron chi connectivity index (χ1n) is 12.3. The Morgan fingerprint density at radius 1 is 1.38 bits per heavy atom. The number of nitrogens with one attached hydrogen (secondary N) is 1. The number of aromatic nitrogens is 4. The van der Waals surface area contributed by atoms with Crippen molar-refractivity contribution in [2.75, 3.05) is 25.1 Å². The van der Waals surface area contributed by atoms with E-state index < -0.39 is 22.4 Å². The monoisotopic (exact) mass is 527 g/mol. The van der Waals surface area contributed by atoms with Crippen LogP contribution in [0, 0.1) is 0 Å². The summed E-state index contributed by atoms with van der Waals surface area (Å²) in [5.74, 6) is -0.462. The molecule has 3 aromatic rings. The third-order valence-electron chi connectivity index (χ3n) is 6.60. The van der Waals surface area contributed by atoms with Crippen LogP contribution in [0.5, 0.6) is 0 Å². The molecule has 1 aliphatic rings. The normalized spacial score (nSPS) is 17.0. The number of aliphatic hydroxyl groups excluding tert-OH is 1. The molecule has 4 heterocycles. The van der Waals surface area contributed by atoms with Crippen LogP contribution in [0.3, 0.4) is 0 Å². The van der Waals surface area contributed by atoms with Crippen molar-refractivity contribution in [3.8, 4) is 11.1 Å². The number of carbonyl (C=O) groups excluding carboxylic acids is 1. The highest BCUT2D eigenvalue weighted by atomic mass is 32.2. The van der Waals surface area contributed by atoms with Crippen molar-refractivity contribution >= 4 is 27.2 Å². The van der Waals surface area contributed by atoms with Crippen molar-refractivity contribution < 1.29 is 18.3 Å². The zero-order valence-corrected chi connectivity index (χ0v) is 22.1. The predicted octanol–water partition coefficient (Wildman–Crippen LogP) is 1.88. The standard InChI is InChI=1S/C25H33N7O4S/c1-4-12-31(22(34)15-33)16(2)7-9-21-23(37(3,35)36)24(26)32-25(30-21)18(14-29-32)17-8-10-20(28-13-17)19-6-5-11-27-19/h4,8,10,12-14,16,19,27,33H,5-7,9,11,15,26H2,1-3H3/b12-4-/t16-,19?/m1/s1.